The molecule has 1 atom stereocenters. The maximum Gasteiger partial charge on any atom is 0.427 e. The van der Waals surface area contributed by atoms with Crippen LogP contribution in [0.3, 0.4) is 0 Å². The van der Waals surface area contributed by atoms with Crippen LogP contribution in [0.25, 0.3) is 11.1 Å². The van der Waals surface area contributed by atoms with Gasteiger partial charge in [0, 0.05) is 16.6 Å². The second kappa shape index (κ2) is 8.76. The Morgan fingerprint density at radius 3 is 2.53 bits per heavy atom. The monoisotopic (exact) mass is 452 g/mol. The van der Waals surface area contributed by atoms with E-state index >= 15 is 0 Å². The van der Waals surface area contributed by atoms with Gasteiger partial charge in [0.05, 0.1) is 12.1 Å². The molecule has 0 aliphatic rings. The zero-order valence-corrected chi connectivity index (χ0v) is 17.1. The van der Waals surface area contributed by atoms with E-state index in [0.29, 0.717) is 23.4 Å². The summed E-state index contributed by atoms with van der Waals surface area (Å²) in [5.74, 6) is -1.02. The van der Waals surface area contributed by atoms with Crippen molar-refractivity contribution in [1.29, 1.82) is 0 Å². The summed E-state index contributed by atoms with van der Waals surface area (Å²) in [7, 11) is 0. The van der Waals surface area contributed by atoms with E-state index in [1.165, 1.54) is 11.3 Å². The Kier molecular flexibility index (Phi) is 6.32. The predicted octanol–water partition coefficient (Wildman–Crippen LogP) is 5.15. The molecule has 3 heterocycles. The average Bonchev–Trinajstić information content (AvgIpc) is 3.37. The van der Waals surface area contributed by atoms with E-state index in [0.717, 1.165) is 22.1 Å². The third-order valence-corrected chi connectivity index (χ3v) is 6.06. The molecule has 0 saturated carbocycles. The minimum absolute atomic E-state index is 0.0997. The van der Waals surface area contributed by atoms with E-state index in [9.17, 15) is 22.8 Å². The van der Waals surface area contributed by atoms with Crippen molar-refractivity contribution in [2.24, 2.45) is 0 Å². The Balaban J connectivity index is 1.67. The van der Waals surface area contributed by atoms with Gasteiger partial charge in [-0.05, 0) is 42.1 Å². The molecule has 3 aromatic rings. The molecule has 3 aromatic heterocycles. The number of aromatic nitrogens is 2. The summed E-state index contributed by atoms with van der Waals surface area (Å²) in [6, 6.07) is 5.23. The van der Waals surface area contributed by atoms with Gasteiger partial charge in [-0.2, -0.15) is 13.2 Å². The van der Waals surface area contributed by atoms with Crippen LogP contribution in [-0.2, 0) is 15.8 Å². The van der Waals surface area contributed by atoms with Crippen LogP contribution < -0.4 is 10.6 Å². The smallest absolute Gasteiger partial charge is 0.307 e. The van der Waals surface area contributed by atoms with Crippen molar-refractivity contribution in [2.45, 2.75) is 19.0 Å². The summed E-state index contributed by atoms with van der Waals surface area (Å²) in [6.07, 6.45) is -1.07. The van der Waals surface area contributed by atoms with E-state index in [1.54, 1.807) is 25.3 Å². The van der Waals surface area contributed by atoms with Crippen molar-refractivity contribution in [3.05, 3.63) is 58.4 Å². The number of pyridine rings is 1. The SMILES string of the molecule is C=CC(=O)Nc1ccc(-c2csc(C(C)C(=O)Nc3ncc(C(F)(F)F)s3)c2)cn1. The molecule has 1 unspecified atom stereocenters. The molecule has 0 bridgehead atoms. The van der Waals surface area contributed by atoms with Crippen molar-refractivity contribution < 1.29 is 22.8 Å². The van der Waals surface area contributed by atoms with Crippen LogP contribution in [-0.4, -0.2) is 21.8 Å². The highest BCUT2D eigenvalue weighted by molar-refractivity contribution is 7.15. The maximum absolute atomic E-state index is 12.7. The highest BCUT2D eigenvalue weighted by Crippen LogP contribution is 2.36. The zero-order valence-electron chi connectivity index (χ0n) is 15.5. The standard InChI is InChI=1S/C19H15F3N4O2S2/c1-3-16(27)25-15-5-4-11(7-23-15)12-6-13(29-9-12)10(2)17(28)26-18-24-8-14(30-18)19(20,21)22/h3-10H,1H2,2H3,(H,23,25,27)(H,24,26,28). The first-order valence-electron chi connectivity index (χ1n) is 8.49. The van der Waals surface area contributed by atoms with Gasteiger partial charge >= 0.3 is 6.18 Å². The van der Waals surface area contributed by atoms with Gasteiger partial charge in [0.25, 0.3) is 0 Å². The Morgan fingerprint density at radius 2 is 1.93 bits per heavy atom. The van der Waals surface area contributed by atoms with Crippen molar-refractivity contribution in [3.63, 3.8) is 0 Å². The fraction of sp³-hybridized carbons (Fsp3) is 0.158. The quantitative estimate of drug-likeness (QED) is 0.507. The summed E-state index contributed by atoms with van der Waals surface area (Å²) >= 11 is 1.73. The van der Waals surface area contributed by atoms with E-state index < -0.39 is 22.9 Å². The molecule has 0 aliphatic heterocycles. The summed E-state index contributed by atoms with van der Waals surface area (Å²) in [5.41, 5.74) is 1.62. The highest BCUT2D eigenvalue weighted by Gasteiger charge is 2.33. The first kappa shape index (κ1) is 21.7. The van der Waals surface area contributed by atoms with Gasteiger partial charge in [-0.3, -0.25) is 9.59 Å². The number of halogens is 3. The average molecular weight is 452 g/mol. The molecule has 0 fully saturated rings. The minimum atomic E-state index is -4.49. The third-order valence-electron chi connectivity index (χ3n) is 3.99. The van der Waals surface area contributed by atoms with E-state index in [1.807, 2.05) is 11.4 Å². The second-order valence-electron chi connectivity index (χ2n) is 6.10. The Morgan fingerprint density at radius 1 is 1.17 bits per heavy atom. The molecule has 2 amide bonds. The lowest BCUT2D eigenvalue weighted by molar-refractivity contribution is -0.134. The number of hydrogen-bond acceptors (Lipinski definition) is 6. The lowest BCUT2D eigenvalue weighted by Crippen LogP contribution is -2.17. The number of anilines is 2. The van der Waals surface area contributed by atoms with Crippen LogP contribution in [0.4, 0.5) is 24.1 Å². The topological polar surface area (TPSA) is 84.0 Å². The number of alkyl halides is 3. The Bertz CT molecular complexity index is 1070. The number of carbonyl (C=O) groups excluding carboxylic acids is 2. The lowest BCUT2D eigenvalue weighted by Gasteiger charge is -2.08. The number of amides is 2. The first-order chi connectivity index (χ1) is 14.2. The van der Waals surface area contributed by atoms with Gasteiger partial charge in [0.15, 0.2) is 5.13 Å². The normalized spacial score (nSPS) is 12.3. The number of thiophene rings is 1. The first-order valence-corrected chi connectivity index (χ1v) is 10.2. The second-order valence-corrected chi connectivity index (χ2v) is 8.08. The van der Waals surface area contributed by atoms with Gasteiger partial charge < -0.3 is 10.6 Å². The Hall–Kier alpha value is -3.05. The maximum atomic E-state index is 12.7. The van der Waals surface area contributed by atoms with E-state index in [2.05, 4.69) is 27.2 Å². The van der Waals surface area contributed by atoms with Gasteiger partial charge in [-0.25, -0.2) is 9.97 Å². The number of carbonyl (C=O) groups is 2. The van der Waals surface area contributed by atoms with Crippen molar-refractivity contribution in [1.82, 2.24) is 9.97 Å². The van der Waals surface area contributed by atoms with E-state index in [-0.39, 0.29) is 11.0 Å². The summed E-state index contributed by atoms with van der Waals surface area (Å²) in [6.45, 7) is 5.03. The fourth-order valence-electron chi connectivity index (χ4n) is 2.35. The molecule has 30 heavy (non-hydrogen) atoms. The summed E-state index contributed by atoms with van der Waals surface area (Å²) < 4.78 is 38.0. The number of nitrogens with one attached hydrogen (secondary N) is 2. The summed E-state index contributed by atoms with van der Waals surface area (Å²) in [4.78, 5) is 31.3. The van der Waals surface area contributed by atoms with Gasteiger partial charge in [-0.15, -0.1) is 11.3 Å². The molecule has 6 nitrogen and oxygen atoms in total. The lowest BCUT2D eigenvalue weighted by atomic mass is 10.1. The number of thiazole rings is 1. The molecule has 2 N–H and O–H groups in total. The van der Waals surface area contributed by atoms with E-state index in [4.69, 9.17) is 0 Å². The zero-order chi connectivity index (χ0) is 21.9. The number of hydrogen-bond donors (Lipinski definition) is 2. The largest absolute Gasteiger partial charge is 0.427 e. The Labute approximate surface area is 177 Å². The van der Waals surface area contributed by atoms with Gasteiger partial charge in [-0.1, -0.05) is 17.9 Å². The van der Waals surface area contributed by atoms with Crippen LogP contribution in [0.2, 0.25) is 0 Å². The van der Waals surface area contributed by atoms with Gasteiger partial charge in [0.2, 0.25) is 11.8 Å². The molecular formula is C19H15F3N4O2S2. The predicted molar refractivity (Wildman–Crippen MR) is 111 cm³/mol. The van der Waals surface area contributed by atoms with Crippen molar-refractivity contribution >= 4 is 45.4 Å². The van der Waals surface area contributed by atoms with Gasteiger partial charge in [0.1, 0.15) is 10.7 Å². The molecule has 11 heteroatoms. The molecule has 0 spiro atoms. The van der Waals surface area contributed by atoms with Crippen LogP contribution in [0.5, 0.6) is 0 Å². The molecule has 156 valence electrons. The number of nitrogens with zero attached hydrogens (tertiary/aromatic N) is 2. The molecule has 0 radical (unpaired) electrons. The fourth-order valence-corrected chi connectivity index (χ4v) is 4.01. The van der Waals surface area contributed by atoms with Crippen LogP contribution >= 0.6 is 22.7 Å². The minimum Gasteiger partial charge on any atom is -0.307 e. The van der Waals surface area contributed by atoms with Crippen molar-refractivity contribution in [2.75, 3.05) is 10.6 Å². The molecule has 3 rings (SSSR count). The number of rotatable bonds is 6. The van der Waals surface area contributed by atoms with Crippen molar-refractivity contribution in [3.8, 4) is 11.1 Å². The van der Waals surface area contributed by atoms with Crippen LogP contribution in [0.1, 0.15) is 22.6 Å². The molecule has 0 aliphatic carbocycles. The van der Waals surface area contributed by atoms with Crippen LogP contribution in [0.15, 0.2) is 48.6 Å². The van der Waals surface area contributed by atoms with Crippen LogP contribution in [0, 0.1) is 0 Å². The molecule has 0 saturated heterocycles. The summed E-state index contributed by atoms with van der Waals surface area (Å²) in [5, 5.41) is 6.73. The molecular weight excluding hydrogens is 437 g/mol. The third kappa shape index (κ3) is 5.10. The molecule has 0 aromatic carbocycles. The highest BCUT2D eigenvalue weighted by atomic mass is 32.1.